The van der Waals surface area contributed by atoms with Gasteiger partial charge in [0.1, 0.15) is 18.1 Å². The smallest absolute Gasteiger partial charge is 0.189 e. The number of fused-ring (bicyclic) bond motifs is 1. The van der Waals surface area contributed by atoms with Crippen molar-refractivity contribution in [1.82, 2.24) is 0 Å². The van der Waals surface area contributed by atoms with E-state index >= 15 is 0 Å². The molecule has 3 aromatic rings. The maximum absolute atomic E-state index is 13.0. The number of ether oxygens (including phenoxy) is 3. The maximum atomic E-state index is 13.0. The van der Waals surface area contributed by atoms with E-state index in [1.807, 2.05) is 42.5 Å². The highest BCUT2D eigenvalue weighted by atomic mass is 79.9. The number of ketones is 1. The Bertz CT molecular complexity index is 1100. The van der Waals surface area contributed by atoms with Gasteiger partial charge in [-0.1, -0.05) is 57.9 Å². The Kier molecular flexibility index (Phi) is 6.53. The molecule has 0 aliphatic carbocycles. The molecule has 3 aromatic carbocycles. The Labute approximate surface area is 188 Å². The first-order valence-electron chi connectivity index (χ1n) is 9.32. The van der Waals surface area contributed by atoms with Crippen LogP contribution in [0.1, 0.15) is 27.0 Å². The van der Waals surface area contributed by atoms with Crippen LogP contribution in [-0.2, 0) is 18.0 Å². The molecule has 1 aliphatic heterocycles. The normalized spacial score (nSPS) is 13.0. The average Bonchev–Trinajstić information content (AvgIpc) is 2.77. The van der Waals surface area contributed by atoms with Gasteiger partial charge in [-0.3, -0.25) is 4.79 Å². The Morgan fingerprint density at radius 2 is 1.97 bits per heavy atom. The molecule has 0 fully saturated rings. The average molecular weight is 486 g/mol. The molecule has 0 amide bonds. The fourth-order valence-corrected chi connectivity index (χ4v) is 3.84. The highest BCUT2D eigenvalue weighted by molar-refractivity contribution is 9.10. The van der Waals surface area contributed by atoms with Crippen LogP contribution in [0.3, 0.4) is 0 Å². The third-order valence-electron chi connectivity index (χ3n) is 4.56. The number of halogens is 2. The lowest BCUT2D eigenvalue weighted by Gasteiger charge is -2.20. The van der Waals surface area contributed by atoms with Crippen LogP contribution in [0.15, 0.2) is 71.2 Å². The summed E-state index contributed by atoms with van der Waals surface area (Å²) in [5.41, 5.74) is 3.14. The van der Waals surface area contributed by atoms with Crippen molar-refractivity contribution < 1.29 is 19.0 Å². The molecule has 1 heterocycles. The minimum Gasteiger partial charge on any atom is -0.488 e. The van der Waals surface area contributed by atoms with Gasteiger partial charge in [-0.15, -0.1) is 0 Å². The highest BCUT2D eigenvalue weighted by Gasteiger charge is 2.16. The van der Waals surface area contributed by atoms with Gasteiger partial charge >= 0.3 is 0 Å². The van der Waals surface area contributed by atoms with Gasteiger partial charge in [0.2, 0.25) is 0 Å². The molecule has 0 bridgehead atoms. The Balaban J connectivity index is 1.58. The van der Waals surface area contributed by atoms with E-state index in [1.165, 1.54) is 6.08 Å². The first-order chi connectivity index (χ1) is 14.6. The van der Waals surface area contributed by atoms with Gasteiger partial charge in [0.05, 0.1) is 12.2 Å². The standard InChI is InChI=1S/C24H18BrClO4/c25-19-10-17(24-18(11-19)14-28-15-30-24)6-8-22(27)21-12-20(26)7-9-23(21)29-13-16-4-2-1-3-5-16/h1-12H,13-15H2. The quantitative estimate of drug-likeness (QED) is 0.297. The highest BCUT2D eigenvalue weighted by Crippen LogP contribution is 2.33. The first-order valence-corrected chi connectivity index (χ1v) is 10.5. The summed E-state index contributed by atoms with van der Waals surface area (Å²) in [7, 11) is 0. The largest absolute Gasteiger partial charge is 0.488 e. The van der Waals surface area contributed by atoms with Crippen molar-refractivity contribution in [3.05, 3.63) is 98.5 Å². The first kappa shape index (κ1) is 20.7. The van der Waals surface area contributed by atoms with E-state index in [9.17, 15) is 4.79 Å². The molecule has 0 spiro atoms. The summed E-state index contributed by atoms with van der Waals surface area (Å²) in [6, 6.07) is 18.7. The zero-order valence-electron chi connectivity index (χ0n) is 15.9. The van der Waals surface area contributed by atoms with Crippen LogP contribution < -0.4 is 9.47 Å². The van der Waals surface area contributed by atoms with Crippen molar-refractivity contribution in [3.8, 4) is 11.5 Å². The number of allylic oxidation sites excluding steroid dienone is 1. The zero-order valence-corrected chi connectivity index (χ0v) is 18.3. The van der Waals surface area contributed by atoms with Gasteiger partial charge in [0.25, 0.3) is 0 Å². The van der Waals surface area contributed by atoms with Crippen molar-refractivity contribution in [3.63, 3.8) is 0 Å². The molecule has 0 unspecified atom stereocenters. The van der Waals surface area contributed by atoms with Crippen LogP contribution in [0, 0.1) is 0 Å². The lowest BCUT2D eigenvalue weighted by molar-refractivity contribution is -0.0165. The molecule has 30 heavy (non-hydrogen) atoms. The Morgan fingerprint density at radius 3 is 2.80 bits per heavy atom. The summed E-state index contributed by atoms with van der Waals surface area (Å²) >= 11 is 9.63. The van der Waals surface area contributed by atoms with Crippen molar-refractivity contribution in [2.75, 3.05) is 6.79 Å². The minimum absolute atomic E-state index is 0.190. The van der Waals surface area contributed by atoms with Crippen molar-refractivity contribution in [2.45, 2.75) is 13.2 Å². The number of hydrogen-bond donors (Lipinski definition) is 0. The number of benzene rings is 3. The second kappa shape index (κ2) is 9.47. The van der Waals surface area contributed by atoms with Crippen LogP contribution in [0.4, 0.5) is 0 Å². The molecule has 0 saturated heterocycles. The number of carbonyl (C=O) groups excluding carboxylic acids is 1. The molecule has 1 aliphatic rings. The van der Waals surface area contributed by atoms with Gasteiger partial charge in [0.15, 0.2) is 12.6 Å². The van der Waals surface area contributed by atoms with E-state index in [4.69, 9.17) is 25.8 Å². The Morgan fingerprint density at radius 1 is 1.13 bits per heavy atom. The second-order valence-corrected chi connectivity index (χ2v) is 8.06. The molecule has 4 nitrogen and oxygen atoms in total. The van der Waals surface area contributed by atoms with E-state index in [-0.39, 0.29) is 12.6 Å². The molecule has 4 rings (SSSR count). The van der Waals surface area contributed by atoms with Crippen LogP contribution in [0.5, 0.6) is 11.5 Å². The lowest BCUT2D eigenvalue weighted by atomic mass is 10.1. The van der Waals surface area contributed by atoms with E-state index < -0.39 is 0 Å². The van der Waals surface area contributed by atoms with Crippen LogP contribution in [-0.4, -0.2) is 12.6 Å². The van der Waals surface area contributed by atoms with E-state index in [1.54, 1.807) is 24.3 Å². The van der Waals surface area contributed by atoms with Crippen LogP contribution in [0.25, 0.3) is 6.08 Å². The summed E-state index contributed by atoms with van der Waals surface area (Å²) in [4.78, 5) is 13.0. The monoisotopic (exact) mass is 484 g/mol. The van der Waals surface area contributed by atoms with Crippen LogP contribution >= 0.6 is 27.5 Å². The summed E-state index contributed by atoms with van der Waals surface area (Å²) in [6.07, 6.45) is 3.24. The topological polar surface area (TPSA) is 44.8 Å². The van der Waals surface area contributed by atoms with E-state index in [0.717, 1.165) is 26.9 Å². The van der Waals surface area contributed by atoms with Crippen molar-refractivity contribution in [2.24, 2.45) is 0 Å². The van der Waals surface area contributed by atoms with Gasteiger partial charge in [-0.05, 0) is 48.0 Å². The summed E-state index contributed by atoms with van der Waals surface area (Å²) in [6.45, 7) is 1.02. The predicted molar refractivity (Wildman–Crippen MR) is 120 cm³/mol. The zero-order chi connectivity index (χ0) is 20.9. The number of hydrogen-bond acceptors (Lipinski definition) is 4. The molecule has 0 saturated carbocycles. The maximum Gasteiger partial charge on any atom is 0.189 e. The van der Waals surface area contributed by atoms with E-state index in [0.29, 0.717) is 29.5 Å². The Hall–Kier alpha value is -2.60. The molecular formula is C24H18BrClO4. The van der Waals surface area contributed by atoms with Gasteiger partial charge in [-0.25, -0.2) is 0 Å². The van der Waals surface area contributed by atoms with E-state index in [2.05, 4.69) is 15.9 Å². The van der Waals surface area contributed by atoms with Gasteiger partial charge in [0, 0.05) is 20.6 Å². The lowest BCUT2D eigenvalue weighted by Crippen LogP contribution is -2.12. The van der Waals surface area contributed by atoms with Gasteiger partial charge in [-0.2, -0.15) is 0 Å². The summed E-state index contributed by atoms with van der Waals surface area (Å²) in [5, 5.41) is 0.471. The fourth-order valence-electron chi connectivity index (χ4n) is 3.14. The van der Waals surface area contributed by atoms with Crippen LogP contribution in [0.2, 0.25) is 5.02 Å². The number of rotatable bonds is 6. The minimum atomic E-state index is -0.207. The molecule has 0 aromatic heterocycles. The second-order valence-electron chi connectivity index (χ2n) is 6.71. The van der Waals surface area contributed by atoms with Crippen molar-refractivity contribution >= 4 is 39.4 Å². The SMILES string of the molecule is O=C(C=Cc1cc(Br)cc2c1OCOC2)c1cc(Cl)ccc1OCc1ccccc1. The molecule has 6 heteroatoms. The molecule has 0 atom stereocenters. The molecule has 152 valence electrons. The fraction of sp³-hybridized carbons (Fsp3) is 0.125. The molecular weight excluding hydrogens is 468 g/mol. The predicted octanol–water partition coefficient (Wildman–Crippen LogP) is 6.44. The van der Waals surface area contributed by atoms with Crippen molar-refractivity contribution in [1.29, 1.82) is 0 Å². The van der Waals surface area contributed by atoms with Gasteiger partial charge < -0.3 is 14.2 Å². The summed E-state index contributed by atoms with van der Waals surface area (Å²) < 4.78 is 17.7. The third-order valence-corrected chi connectivity index (χ3v) is 5.25. The third kappa shape index (κ3) is 4.93. The summed E-state index contributed by atoms with van der Waals surface area (Å²) in [5.74, 6) is 1.00. The molecule has 0 N–H and O–H groups in total. The molecule has 0 radical (unpaired) electrons. The number of carbonyl (C=O) groups is 1.